The van der Waals surface area contributed by atoms with Gasteiger partial charge in [-0.25, -0.2) is 0 Å². The standard InChI is InChI=1S/C20H30N2O3/c1-4-25-19-8-6-5-7-16(19)12-21-10-9-18-17(13-21)11-20(3,14-23)22(18)15(2)24/h5-8,17-18,23H,4,9-14H2,1-3H3/t17-,18-,20+/m0/s1. The molecule has 5 nitrogen and oxygen atoms in total. The normalized spacial score (nSPS) is 29.5. The quantitative estimate of drug-likeness (QED) is 0.889. The zero-order chi connectivity index (χ0) is 18.0. The summed E-state index contributed by atoms with van der Waals surface area (Å²) < 4.78 is 5.75. The molecule has 0 aromatic heterocycles. The number of ether oxygens (including phenoxy) is 1. The van der Waals surface area contributed by atoms with Crippen LogP contribution in [0.1, 0.15) is 39.2 Å². The molecule has 2 aliphatic heterocycles. The fourth-order valence-corrected chi connectivity index (χ4v) is 4.77. The first kappa shape index (κ1) is 18.2. The zero-order valence-corrected chi connectivity index (χ0v) is 15.6. The highest BCUT2D eigenvalue weighted by molar-refractivity contribution is 5.75. The molecule has 5 heteroatoms. The Balaban J connectivity index is 1.71. The van der Waals surface area contributed by atoms with Crippen LogP contribution in [0.15, 0.2) is 24.3 Å². The van der Waals surface area contributed by atoms with E-state index in [1.54, 1.807) is 6.92 Å². The van der Waals surface area contributed by atoms with Gasteiger partial charge in [-0.15, -0.1) is 0 Å². The number of aliphatic hydroxyl groups is 1. The summed E-state index contributed by atoms with van der Waals surface area (Å²) in [4.78, 5) is 16.6. The summed E-state index contributed by atoms with van der Waals surface area (Å²) in [7, 11) is 0. The van der Waals surface area contributed by atoms with Gasteiger partial charge in [-0.2, -0.15) is 0 Å². The van der Waals surface area contributed by atoms with Crippen LogP contribution in [-0.4, -0.2) is 58.7 Å². The molecule has 2 fully saturated rings. The van der Waals surface area contributed by atoms with Crippen LogP contribution in [0.4, 0.5) is 0 Å². The molecule has 0 bridgehead atoms. The van der Waals surface area contributed by atoms with Crippen molar-refractivity contribution in [3.8, 4) is 5.75 Å². The van der Waals surface area contributed by atoms with E-state index in [1.807, 2.05) is 30.9 Å². The van der Waals surface area contributed by atoms with Crippen molar-refractivity contribution in [2.45, 2.75) is 51.7 Å². The number of hydrogen-bond acceptors (Lipinski definition) is 4. The number of para-hydroxylation sites is 1. The third-order valence-electron chi connectivity index (χ3n) is 5.74. The molecule has 3 atom stereocenters. The molecule has 1 aromatic rings. The summed E-state index contributed by atoms with van der Waals surface area (Å²) in [6.07, 6.45) is 1.84. The van der Waals surface area contributed by atoms with E-state index in [9.17, 15) is 9.90 Å². The van der Waals surface area contributed by atoms with Gasteiger partial charge < -0.3 is 14.7 Å². The summed E-state index contributed by atoms with van der Waals surface area (Å²) in [6, 6.07) is 8.48. The predicted octanol–water partition coefficient (Wildman–Crippen LogP) is 2.28. The van der Waals surface area contributed by atoms with Crippen molar-refractivity contribution < 1.29 is 14.6 Å². The van der Waals surface area contributed by atoms with Crippen molar-refractivity contribution in [1.29, 1.82) is 0 Å². The molecule has 25 heavy (non-hydrogen) atoms. The Morgan fingerprint density at radius 2 is 2.16 bits per heavy atom. The van der Waals surface area contributed by atoms with Gasteiger partial charge in [0.05, 0.1) is 18.8 Å². The van der Waals surface area contributed by atoms with Crippen molar-refractivity contribution in [2.24, 2.45) is 5.92 Å². The number of carbonyl (C=O) groups excluding carboxylic acids is 1. The van der Waals surface area contributed by atoms with E-state index in [0.717, 1.165) is 38.2 Å². The topological polar surface area (TPSA) is 53.0 Å². The summed E-state index contributed by atoms with van der Waals surface area (Å²) in [5, 5.41) is 9.86. The molecule has 138 valence electrons. The maximum Gasteiger partial charge on any atom is 0.220 e. The second-order valence-corrected chi connectivity index (χ2v) is 7.64. The lowest BCUT2D eigenvalue weighted by molar-refractivity contribution is -0.137. The Hall–Kier alpha value is -1.59. The first-order chi connectivity index (χ1) is 12.0. The number of fused-ring (bicyclic) bond motifs is 1. The molecule has 0 radical (unpaired) electrons. The van der Waals surface area contributed by atoms with E-state index < -0.39 is 5.54 Å². The van der Waals surface area contributed by atoms with Gasteiger partial charge in [-0.3, -0.25) is 9.69 Å². The second kappa shape index (κ2) is 7.34. The number of nitrogens with zero attached hydrogens (tertiary/aromatic N) is 2. The van der Waals surface area contributed by atoms with Gasteiger partial charge >= 0.3 is 0 Å². The van der Waals surface area contributed by atoms with Crippen molar-refractivity contribution in [3.05, 3.63) is 29.8 Å². The number of carbonyl (C=O) groups is 1. The van der Waals surface area contributed by atoms with Gasteiger partial charge in [0.1, 0.15) is 5.75 Å². The van der Waals surface area contributed by atoms with Crippen molar-refractivity contribution >= 4 is 5.91 Å². The van der Waals surface area contributed by atoms with Crippen LogP contribution in [0, 0.1) is 5.92 Å². The highest BCUT2D eigenvalue weighted by Crippen LogP contribution is 2.42. The van der Waals surface area contributed by atoms with Gasteiger partial charge in [0.15, 0.2) is 0 Å². The third kappa shape index (κ3) is 3.53. The summed E-state index contributed by atoms with van der Waals surface area (Å²) in [5.74, 6) is 1.47. The summed E-state index contributed by atoms with van der Waals surface area (Å²) in [5.41, 5.74) is 0.801. The highest BCUT2D eigenvalue weighted by atomic mass is 16.5. The number of amides is 1. The Bertz CT molecular complexity index is 621. The average Bonchev–Trinajstić information content (AvgIpc) is 2.89. The maximum atomic E-state index is 12.1. The van der Waals surface area contributed by atoms with Gasteiger partial charge in [0, 0.05) is 38.2 Å². The van der Waals surface area contributed by atoms with E-state index in [-0.39, 0.29) is 18.6 Å². The number of benzene rings is 1. The number of likely N-dealkylation sites (tertiary alicyclic amines) is 2. The van der Waals surface area contributed by atoms with E-state index in [2.05, 4.69) is 17.0 Å². The van der Waals surface area contributed by atoms with Crippen LogP contribution in [0.25, 0.3) is 0 Å². The number of aliphatic hydroxyl groups excluding tert-OH is 1. The molecule has 2 aliphatic rings. The van der Waals surface area contributed by atoms with Crippen LogP contribution in [-0.2, 0) is 11.3 Å². The lowest BCUT2D eigenvalue weighted by atomic mass is 9.89. The van der Waals surface area contributed by atoms with Crippen LogP contribution in [0.5, 0.6) is 5.75 Å². The highest BCUT2D eigenvalue weighted by Gasteiger charge is 2.51. The minimum absolute atomic E-state index is 0.0345. The van der Waals surface area contributed by atoms with Crippen LogP contribution >= 0.6 is 0 Å². The molecule has 0 aliphatic carbocycles. The van der Waals surface area contributed by atoms with E-state index in [1.165, 1.54) is 5.56 Å². The minimum Gasteiger partial charge on any atom is -0.494 e. The Labute approximate surface area is 150 Å². The lowest BCUT2D eigenvalue weighted by Gasteiger charge is -2.40. The van der Waals surface area contributed by atoms with E-state index in [4.69, 9.17) is 4.74 Å². The number of piperidine rings is 1. The Kier molecular flexibility index (Phi) is 5.35. The van der Waals surface area contributed by atoms with Gasteiger partial charge in [-0.05, 0) is 38.7 Å². The fourth-order valence-electron chi connectivity index (χ4n) is 4.77. The summed E-state index contributed by atoms with van der Waals surface area (Å²) in [6.45, 7) is 9.15. The molecule has 0 spiro atoms. The third-order valence-corrected chi connectivity index (χ3v) is 5.74. The van der Waals surface area contributed by atoms with Gasteiger partial charge in [0.2, 0.25) is 5.91 Å². The number of hydrogen-bond donors (Lipinski definition) is 1. The Morgan fingerprint density at radius 1 is 1.40 bits per heavy atom. The zero-order valence-electron chi connectivity index (χ0n) is 15.6. The van der Waals surface area contributed by atoms with Crippen molar-refractivity contribution in [1.82, 2.24) is 9.80 Å². The minimum atomic E-state index is -0.416. The summed E-state index contributed by atoms with van der Waals surface area (Å²) >= 11 is 0. The largest absolute Gasteiger partial charge is 0.494 e. The molecule has 3 rings (SSSR count). The predicted molar refractivity (Wildman–Crippen MR) is 97.4 cm³/mol. The molecule has 2 saturated heterocycles. The molecular formula is C20H30N2O3. The van der Waals surface area contributed by atoms with E-state index in [0.29, 0.717) is 12.5 Å². The van der Waals surface area contributed by atoms with Gasteiger partial charge in [0.25, 0.3) is 0 Å². The van der Waals surface area contributed by atoms with Gasteiger partial charge in [-0.1, -0.05) is 18.2 Å². The smallest absolute Gasteiger partial charge is 0.220 e. The van der Waals surface area contributed by atoms with E-state index >= 15 is 0 Å². The van der Waals surface area contributed by atoms with Crippen LogP contribution < -0.4 is 4.74 Å². The molecule has 1 amide bonds. The molecule has 1 aromatic carbocycles. The van der Waals surface area contributed by atoms with Crippen LogP contribution in [0.2, 0.25) is 0 Å². The molecule has 2 heterocycles. The first-order valence-corrected chi connectivity index (χ1v) is 9.32. The maximum absolute atomic E-state index is 12.1. The fraction of sp³-hybridized carbons (Fsp3) is 0.650. The van der Waals surface area contributed by atoms with Crippen molar-refractivity contribution in [3.63, 3.8) is 0 Å². The molecular weight excluding hydrogens is 316 g/mol. The first-order valence-electron chi connectivity index (χ1n) is 9.32. The van der Waals surface area contributed by atoms with Crippen molar-refractivity contribution in [2.75, 3.05) is 26.3 Å². The molecule has 0 unspecified atom stereocenters. The van der Waals surface area contributed by atoms with Crippen LogP contribution in [0.3, 0.4) is 0 Å². The SMILES string of the molecule is CCOc1ccccc1CN1CC[C@H]2[C@H](C1)C[C@](C)(CO)N2C(C)=O. The average molecular weight is 346 g/mol. The molecule has 1 N–H and O–H groups in total. The second-order valence-electron chi connectivity index (χ2n) is 7.64. The lowest BCUT2D eigenvalue weighted by Crippen LogP contribution is -2.52. The molecule has 0 saturated carbocycles. The number of rotatable bonds is 5. The monoisotopic (exact) mass is 346 g/mol. The Morgan fingerprint density at radius 3 is 2.84 bits per heavy atom.